The van der Waals surface area contributed by atoms with E-state index in [1.54, 1.807) is 36.5 Å². The number of hydrogen-bond acceptors (Lipinski definition) is 7. The van der Waals surface area contributed by atoms with Gasteiger partial charge in [-0.25, -0.2) is 8.42 Å². The van der Waals surface area contributed by atoms with Crippen LogP contribution in [0.15, 0.2) is 77.8 Å². The Hall–Kier alpha value is -4.12. The number of aromatic nitrogens is 1. The molecular formula is C25H23N5O4S. The lowest BCUT2D eigenvalue weighted by Crippen LogP contribution is -2.31. The van der Waals surface area contributed by atoms with Crippen LogP contribution >= 0.6 is 0 Å². The number of pyridine rings is 1. The average molecular weight is 490 g/mol. The fourth-order valence-corrected chi connectivity index (χ4v) is 5.21. The number of nitro benzene ring substituents is 1. The van der Waals surface area contributed by atoms with Crippen molar-refractivity contribution in [1.82, 2.24) is 9.29 Å². The minimum absolute atomic E-state index is 0.0228. The molecule has 2 aromatic carbocycles. The van der Waals surface area contributed by atoms with Crippen LogP contribution in [-0.4, -0.2) is 22.6 Å². The van der Waals surface area contributed by atoms with Crippen LogP contribution in [0, 0.1) is 38.7 Å². The predicted octanol–water partition coefficient (Wildman–Crippen LogP) is 4.37. The second-order valence-corrected chi connectivity index (χ2v) is 9.84. The molecule has 0 aliphatic rings. The zero-order valence-electron chi connectivity index (χ0n) is 18.8. The van der Waals surface area contributed by atoms with Gasteiger partial charge < -0.3 is 0 Å². The molecule has 0 aliphatic heterocycles. The van der Waals surface area contributed by atoms with Gasteiger partial charge in [-0.05, 0) is 41.7 Å². The lowest BCUT2D eigenvalue weighted by molar-refractivity contribution is -0.387. The van der Waals surface area contributed by atoms with Crippen LogP contribution in [0.2, 0.25) is 0 Å². The first-order chi connectivity index (χ1) is 16.8. The van der Waals surface area contributed by atoms with E-state index in [4.69, 9.17) is 10.5 Å². The summed E-state index contributed by atoms with van der Waals surface area (Å²) >= 11 is 0. The second kappa shape index (κ2) is 11.8. The molecule has 0 amide bonds. The molecule has 0 bridgehead atoms. The molecule has 0 saturated carbocycles. The predicted molar refractivity (Wildman–Crippen MR) is 128 cm³/mol. The van der Waals surface area contributed by atoms with Gasteiger partial charge in [-0.2, -0.15) is 14.8 Å². The minimum Gasteiger partial charge on any atom is -0.260 e. The molecule has 1 aromatic heterocycles. The highest BCUT2D eigenvalue weighted by molar-refractivity contribution is 7.89. The van der Waals surface area contributed by atoms with Gasteiger partial charge in [0.05, 0.1) is 29.3 Å². The number of benzene rings is 2. The van der Waals surface area contributed by atoms with Crippen molar-refractivity contribution in [2.45, 2.75) is 37.2 Å². The van der Waals surface area contributed by atoms with Crippen LogP contribution in [0.3, 0.4) is 0 Å². The molecule has 0 saturated heterocycles. The summed E-state index contributed by atoms with van der Waals surface area (Å²) in [6, 6.07) is 21.9. The van der Waals surface area contributed by atoms with Crippen molar-refractivity contribution in [2.75, 3.05) is 0 Å². The third-order valence-electron chi connectivity index (χ3n) is 5.41. The van der Waals surface area contributed by atoms with E-state index in [-0.39, 0.29) is 36.7 Å². The zero-order valence-corrected chi connectivity index (χ0v) is 19.6. The highest BCUT2D eigenvalue weighted by atomic mass is 32.2. The second-order valence-electron chi connectivity index (χ2n) is 7.93. The molecule has 0 fully saturated rings. The van der Waals surface area contributed by atoms with Crippen molar-refractivity contribution >= 4 is 15.7 Å². The van der Waals surface area contributed by atoms with E-state index in [0.29, 0.717) is 17.7 Å². The Bertz CT molecular complexity index is 1330. The number of para-hydroxylation sites is 1. The van der Waals surface area contributed by atoms with Crippen molar-refractivity contribution in [3.8, 4) is 12.1 Å². The Labute approximate surface area is 204 Å². The summed E-state index contributed by atoms with van der Waals surface area (Å²) < 4.78 is 28.3. The molecule has 9 nitrogen and oxygen atoms in total. The van der Waals surface area contributed by atoms with Crippen LogP contribution < -0.4 is 0 Å². The van der Waals surface area contributed by atoms with Crippen molar-refractivity contribution in [1.29, 1.82) is 10.5 Å². The molecule has 0 unspecified atom stereocenters. The maximum absolute atomic E-state index is 13.6. The summed E-state index contributed by atoms with van der Waals surface area (Å²) in [4.78, 5) is 14.6. The maximum Gasteiger partial charge on any atom is 0.289 e. The molecule has 35 heavy (non-hydrogen) atoms. The lowest BCUT2D eigenvalue weighted by atomic mass is 9.94. The Balaban J connectivity index is 1.91. The van der Waals surface area contributed by atoms with Crippen molar-refractivity contribution in [3.63, 3.8) is 0 Å². The van der Waals surface area contributed by atoms with Gasteiger partial charge >= 0.3 is 0 Å². The van der Waals surface area contributed by atoms with Crippen LogP contribution in [0.5, 0.6) is 0 Å². The SMILES string of the molecule is N#CCC(CC#N)Cc1ccc(CN(Cc2ccccn2)S(=O)(=O)c2ccccc2[N+](=O)[O-])cc1. The van der Waals surface area contributed by atoms with E-state index in [9.17, 15) is 18.5 Å². The molecule has 3 rings (SSSR count). The summed E-state index contributed by atoms with van der Waals surface area (Å²) in [5.74, 6) is -0.0736. The average Bonchev–Trinajstić information content (AvgIpc) is 2.85. The molecule has 1 heterocycles. The quantitative estimate of drug-likeness (QED) is 0.288. The summed E-state index contributed by atoms with van der Waals surface area (Å²) in [5.41, 5.74) is 1.63. The van der Waals surface area contributed by atoms with E-state index in [1.165, 1.54) is 28.6 Å². The molecule has 0 spiro atoms. The maximum atomic E-state index is 13.6. The van der Waals surface area contributed by atoms with Crippen LogP contribution in [-0.2, 0) is 29.5 Å². The highest BCUT2D eigenvalue weighted by Gasteiger charge is 2.31. The number of hydrogen-bond donors (Lipinski definition) is 0. The number of nitro groups is 1. The summed E-state index contributed by atoms with van der Waals surface area (Å²) in [7, 11) is -4.24. The van der Waals surface area contributed by atoms with Gasteiger partial charge in [-0.15, -0.1) is 0 Å². The summed E-state index contributed by atoms with van der Waals surface area (Å²) in [6.07, 6.45) is 2.68. The van der Waals surface area contributed by atoms with Gasteiger partial charge in [0.25, 0.3) is 15.7 Å². The molecule has 10 heteroatoms. The van der Waals surface area contributed by atoms with E-state index in [1.807, 2.05) is 12.1 Å². The molecule has 3 aromatic rings. The minimum atomic E-state index is -4.24. The third-order valence-corrected chi connectivity index (χ3v) is 7.25. The Morgan fingerprint density at radius 3 is 2.14 bits per heavy atom. The van der Waals surface area contributed by atoms with Gasteiger partial charge in [0.1, 0.15) is 0 Å². The molecule has 0 aliphatic carbocycles. The number of nitriles is 2. The summed E-state index contributed by atoms with van der Waals surface area (Å²) in [5, 5.41) is 29.4. The van der Waals surface area contributed by atoms with Gasteiger partial charge in [0.2, 0.25) is 0 Å². The highest BCUT2D eigenvalue weighted by Crippen LogP contribution is 2.28. The van der Waals surface area contributed by atoms with E-state index < -0.39 is 20.6 Å². The smallest absolute Gasteiger partial charge is 0.260 e. The first kappa shape index (κ1) is 25.5. The number of nitrogens with zero attached hydrogens (tertiary/aromatic N) is 5. The van der Waals surface area contributed by atoms with E-state index >= 15 is 0 Å². The van der Waals surface area contributed by atoms with Crippen molar-refractivity contribution in [3.05, 3.63) is 99.9 Å². The third kappa shape index (κ3) is 6.70. The Morgan fingerprint density at radius 1 is 0.914 bits per heavy atom. The zero-order chi connectivity index (χ0) is 25.3. The fourth-order valence-electron chi connectivity index (χ4n) is 3.66. The Morgan fingerprint density at radius 2 is 1.54 bits per heavy atom. The molecular weight excluding hydrogens is 466 g/mol. The number of sulfonamides is 1. The molecule has 0 atom stereocenters. The molecule has 0 N–H and O–H groups in total. The first-order valence-electron chi connectivity index (χ1n) is 10.8. The van der Waals surface area contributed by atoms with Crippen LogP contribution in [0.25, 0.3) is 0 Å². The first-order valence-corrected chi connectivity index (χ1v) is 12.2. The fraction of sp³-hybridized carbons (Fsp3) is 0.240. The van der Waals surface area contributed by atoms with Gasteiger partial charge in [-0.3, -0.25) is 15.1 Å². The number of rotatable bonds is 11. The van der Waals surface area contributed by atoms with Crippen LogP contribution in [0.4, 0.5) is 5.69 Å². The Kier molecular flexibility index (Phi) is 8.63. The van der Waals surface area contributed by atoms with Crippen LogP contribution in [0.1, 0.15) is 29.7 Å². The van der Waals surface area contributed by atoms with Gasteiger partial charge in [0.15, 0.2) is 4.90 Å². The lowest BCUT2D eigenvalue weighted by Gasteiger charge is -2.22. The largest absolute Gasteiger partial charge is 0.289 e. The van der Waals surface area contributed by atoms with Gasteiger partial charge in [0, 0.05) is 31.6 Å². The normalized spacial score (nSPS) is 11.2. The summed E-state index contributed by atoms with van der Waals surface area (Å²) in [6.45, 7) is -0.0888. The molecule has 178 valence electrons. The van der Waals surface area contributed by atoms with Gasteiger partial charge in [-0.1, -0.05) is 42.5 Å². The van der Waals surface area contributed by atoms with Crippen molar-refractivity contribution < 1.29 is 13.3 Å². The topological polar surface area (TPSA) is 141 Å². The standard InChI is InChI=1S/C25H23N5O4S/c26-14-12-21(13-15-27)17-20-8-10-22(11-9-20)18-29(19-23-5-3-4-16-28-23)35(33,34)25-7-2-1-6-24(25)30(31)32/h1-11,16,21H,12-13,17-19H2. The monoisotopic (exact) mass is 489 g/mol. The van der Waals surface area contributed by atoms with E-state index in [0.717, 1.165) is 5.56 Å². The van der Waals surface area contributed by atoms with E-state index in [2.05, 4.69) is 17.1 Å². The molecule has 0 radical (unpaired) electrons. The van der Waals surface area contributed by atoms with Crippen molar-refractivity contribution in [2.24, 2.45) is 5.92 Å².